The molecule has 0 aromatic rings. The van der Waals surface area contributed by atoms with Crippen molar-refractivity contribution in [2.24, 2.45) is 5.92 Å². The Morgan fingerprint density at radius 1 is 1.24 bits per heavy atom. The summed E-state index contributed by atoms with van der Waals surface area (Å²) < 4.78 is 22.4. The zero-order chi connectivity index (χ0) is 12.3. The van der Waals surface area contributed by atoms with Crippen LogP contribution in [0.4, 0.5) is 0 Å². The van der Waals surface area contributed by atoms with Crippen LogP contribution in [0.3, 0.4) is 0 Å². The third kappa shape index (κ3) is 3.96. The zero-order valence-corrected chi connectivity index (χ0v) is 10.8. The second-order valence-corrected chi connectivity index (χ2v) is 7.33. The van der Waals surface area contributed by atoms with Crippen LogP contribution >= 0.6 is 0 Å². The summed E-state index contributed by atoms with van der Waals surface area (Å²) >= 11 is 0. The Morgan fingerprint density at radius 2 is 1.88 bits per heavy atom. The van der Waals surface area contributed by atoms with E-state index in [0.717, 1.165) is 6.54 Å². The van der Waals surface area contributed by atoms with E-state index >= 15 is 0 Å². The molecule has 0 radical (unpaired) electrons. The average Bonchev–Trinajstić information content (AvgIpc) is 2.19. The minimum atomic E-state index is -2.85. The van der Waals surface area contributed by atoms with Gasteiger partial charge >= 0.3 is 0 Å². The van der Waals surface area contributed by atoms with Gasteiger partial charge in [0.05, 0.1) is 18.1 Å². The second kappa shape index (κ2) is 5.35. The predicted molar refractivity (Wildman–Crippen MR) is 65.4 cm³/mol. The minimum absolute atomic E-state index is 0.0243. The van der Waals surface area contributed by atoms with E-state index in [1.165, 1.54) is 19.3 Å². The molecule has 0 bridgehead atoms. The first-order chi connectivity index (χ1) is 8.05. The van der Waals surface area contributed by atoms with Crippen LogP contribution in [0.5, 0.6) is 0 Å². The minimum Gasteiger partial charge on any atom is -0.355 e. The smallest absolute Gasteiger partial charge is 0.234 e. The van der Waals surface area contributed by atoms with E-state index < -0.39 is 9.84 Å². The molecule has 1 saturated carbocycles. The molecule has 98 valence electrons. The normalized spacial score (nSPS) is 25.2. The van der Waals surface area contributed by atoms with Gasteiger partial charge < -0.3 is 5.32 Å². The predicted octanol–water partition coefficient (Wildman–Crippen LogP) is -0.367. The number of amides is 1. The summed E-state index contributed by atoms with van der Waals surface area (Å²) in [4.78, 5) is 13.5. The molecular weight excluding hydrogens is 240 g/mol. The van der Waals surface area contributed by atoms with Crippen LogP contribution in [0, 0.1) is 5.92 Å². The molecular formula is C11H20N2O3S. The van der Waals surface area contributed by atoms with Gasteiger partial charge in [-0.2, -0.15) is 0 Å². The molecule has 1 amide bonds. The summed E-state index contributed by atoms with van der Waals surface area (Å²) in [5.41, 5.74) is 0. The van der Waals surface area contributed by atoms with Crippen LogP contribution < -0.4 is 5.32 Å². The monoisotopic (exact) mass is 260 g/mol. The fourth-order valence-corrected chi connectivity index (χ4v) is 3.40. The largest absolute Gasteiger partial charge is 0.355 e. The van der Waals surface area contributed by atoms with E-state index in [1.807, 2.05) is 4.90 Å². The number of carbonyl (C=O) groups is 1. The molecule has 2 aliphatic rings. The Labute approximate surface area is 102 Å². The molecule has 0 aromatic carbocycles. The Bertz CT molecular complexity index is 362. The van der Waals surface area contributed by atoms with Gasteiger partial charge in [0.15, 0.2) is 9.84 Å². The number of carbonyl (C=O) groups excluding carboxylic acids is 1. The van der Waals surface area contributed by atoms with Crippen LogP contribution in [-0.2, 0) is 14.6 Å². The van der Waals surface area contributed by atoms with Crippen LogP contribution in [0.2, 0.25) is 0 Å². The lowest BCUT2D eigenvalue weighted by Gasteiger charge is -2.28. The van der Waals surface area contributed by atoms with Crippen molar-refractivity contribution < 1.29 is 13.2 Å². The first-order valence-corrected chi connectivity index (χ1v) is 8.07. The Hall–Kier alpha value is -0.620. The molecule has 0 aromatic heterocycles. The topological polar surface area (TPSA) is 66.5 Å². The summed E-state index contributed by atoms with van der Waals surface area (Å²) in [5.74, 6) is 1.06. The van der Waals surface area contributed by atoms with Crippen molar-refractivity contribution in [3.8, 4) is 0 Å². The SMILES string of the molecule is O=C(CN1CCS(=O)(=O)CC1)NCC1CCC1. The number of hydrogen-bond acceptors (Lipinski definition) is 4. The van der Waals surface area contributed by atoms with Crippen molar-refractivity contribution in [3.63, 3.8) is 0 Å². The molecule has 1 aliphatic heterocycles. The standard InChI is InChI=1S/C11H20N2O3S/c14-11(12-8-10-2-1-3-10)9-13-4-6-17(15,16)7-5-13/h10H,1-9H2,(H,12,14). The lowest BCUT2D eigenvalue weighted by molar-refractivity contribution is -0.122. The maximum Gasteiger partial charge on any atom is 0.234 e. The highest BCUT2D eigenvalue weighted by molar-refractivity contribution is 7.91. The average molecular weight is 260 g/mol. The second-order valence-electron chi connectivity index (χ2n) is 5.03. The highest BCUT2D eigenvalue weighted by Gasteiger charge is 2.23. The van der Waals surface area contributed by atoms with Crippen molar-refractivity contribution in [2.45, 2.75) is 19.3 Å². The van der Waals surface area contributed by atoms with Crippen molar-refractivity contribution >= 4 is 15.7 Å². The van der Waals surface area contributed by atoms with Gasteiger partial charge in [-0.3, -0.25) is 9.69 Å². The summed E-state index contributed by atoms with van der Waals surface area (Å²) in [7, 11) is -2.85. The number of sulfone groups is 1. The van der Waals surface area contributed by atoms with Crippen LogP contribution in [0.25, 0.3) is 0 Å². The molecule has 1 heterocycles. The van der Waals surface area contributed by atoms with Crippen molar-refractivity contribution in [2.75, 3.05) is 37.7 Å². The van der Waals surface area contributed by atoms with Gasteiger partial charge in [-0.05, 0) is 18.8 Å². The highest BCUT2D eigenvalue weighted by atomic mass is 32.2. The molecule has 2 rings (SSSR count). The summed E-state index contributed by atoms with van der Waals surface area (Å²) in [5, 5.41) is 2.92. The summed E-state index contributed by atoms with van der Waals surface area (Å²) in [6, 6.07) is 0. The Balaban J connectivity index is 1.65. The van der Waals surface area contributed by atoms with Gasteiger partial charge in [-0.15, -0.1) is 0 Å². The van der Waals surface area contributed by atoms with E-state index in [2.05, 4.69) is 5.32 Å². The van der Waals surface area contributed by atoms with Crippen molar-refractivity contribution in [1.29, 1.82) is 0 Å². The van der Waals surface area contributed by atoms with Gasteiger partial charge in [0.2, 0.25) is 5.91 Å². The van der Waals surface area contributed by atoms with Crippen LogP contribution in [0.15, 0.2) is 0 Å². The van der Waals surface area contributed by atoms with E-state index in [0.29, 0.717) is 25.6 Å². The van der Waals surface area contributed by atoms with Crippen molar-refractivity contribution in [3.05, 3.63) is 0 Å². The van der Waals surface area contributed by atoms with Crippen molar-refractivity contribution in [1.82, 2.24) is 10.2 Å². The fraction of sp³-hybridized carbons (Fsp3) is 0.909. The van der Waals surface area contributed by atoms with Gasteiger partial charge in [-0.1, -0.05) is 6.42 Å². The molecule has 5 nitrogen and oxygen atoms in total. The number of nitrogens with zero attached hydrogens (tertiary/aromatic N) is 1. The van der Waals surface area contributed by atoms with E-state index in [1.54, 1.807) is 0 Å². The van der Waals surface area contributed by atoms with E-state index in [9.17, 15) is 13.2 Å². The van der Waals surface area contributed by atoms with Crippen LogP contribution in [0.1, 0.15) is 19.3 Å². The van der Waals surface area contributed by atoms with Crippen LogP contribution in [-0.4, -0.2) is 56.9 Å². The van der Waals surface area contributed by atoms with Gasteiger partial charge in [0.1, 0.15) is 0 Å². The summed E-state index contributed by atoms with van der Waals surface area (Å²) in [6.07, 6.45) is 3.73. The number of hydrogen-bond donors (Lipinski definition) is 1. The molecule has 1 aliphatic carbocycles. The lowest BCUT2D eigenvalue weighted by atomic mass is 9.85. The third-order valence-corrected chi connectivity index (χ3v) is 5.23. The molecule has 0 spiro atoms. The molecule has 17 heavy (non-hydrogen) atoms. The zero-order valence-electron chi connectivity index (χ0n) is 10.0. The third-order valence-electron chi connectivity index (χ3n) is 3.62. The first kappa shape index (κ1) is 12.8. The molecule has 1 saturated heterocycles. The van der Waals surface area contributed by atoms with Gasteiger partial charge in [0.25, 0.3) is 0 Å². The maximum absolute atomic E-state index is 11.6. The Kier molecular flexibility index (Phi) is 4.04. The molecule has 0 unspecified atom stereocenters. The number of rotatable bonds is 4. The molecule has 1 N–H and O–H groups in total. The quantitative estimate of drug-likeness (QED) is 0.749. The maximum atomic E-state index is 11.6. The summed E-state index contributed by atoms with van der Waals surface area (Å²) in [6.45, 7) is 2.09. The molecule has 2 fully saturated rings. The first-order valence-electron chi connectivity index (χ1n) is 6.25. The van der Waals surface area contributed by atoms with Gasteiger partial charge in [-0.25, -0.2) is 8.42 Å². The van der Waals surface area contributed by atoms with E-state index in [-0.39, 0.29) is 17.4 Å². The highest BCUT2D eigenvalue weighted by Crippen LogP contribution is 2.25. The number of nitrogens with one attached hydrogen (secondary N) is 1. The fourth-order valence-electron chi connectivity index (χ4n) is 2.12. The molecule has 6 heteroatoms. The Morgan fingerprint density at radius 3 is 2.41 bits per heavy atom. The van der Waals surface area contributed by atoms with Gasteiger partial charge in [0, 0.05) is 19.6 Å². The molecule has 0 atom stereocenters. The van der Waals surface area contributed by atoms with E-state index in [4.69, 9.17) is 0 Å². The lowest BCUT2D eigenvalue weighted by Crippen LogP contribution is -2.46.